The minimum Gasteiger partial charge on any atom is -0.497 e. The largest absolute Gasteiger partial charge is 0.497 e. The average molecular weight is 305 g/mol. The number of amides is 1. The van der Waals surface area contributed by atoms with Crippen molar-refractivity contribution in [3.05, 3.63) is 29.8 Å². The van der Waals surface area contributed by atoms with E-state index < -0.39 is 5.97 Å². The molecule has 0 bridgehead atoms. The van der Waals surface area contributed by atoms with Crippen molar-refractivity contribution in [2.45, 2.75) is 38.0 Å². The summed E-state index contributed by atoms with van der Waals surface area (Å²) in [6.45, 7) is 0.625. The van der Waals surface area contributed by atoms with Crippen LogP contribution in [0.3, 0.4) is 0 Å². The van der Waals surface area contributed by atoms with E-state index in [9.17, 15) is 9.59 Å². The van der Waals surface area contributed by atoms with Crippen molar-refractivity contribution in [1.29, 1.82) is 0 Å². The van der Waals surface area contributed by atoms with Crippen LogP contribution in [0.2, 0.25) is 0 Å². The molecule has 0 aliphatic heterocycles. The minimum atomic E-state index is -0.761. The van der Waals surface area contributed by atoms with E-state index in [1.807, 2.05) is 24.3 Å². The number of ether oxygens (including phenoxy) is 1. The first kappa shape index (κ1) is 16.3. The molecular formula is C17H23NO4. The lowest BCUT2D eigenvalue weighted by Crippen LogP contribution is -2.26. The fraction of sp³-hybridized carbons (Fsp3) is 0.529. The van der Waals surface area contributed by atoms with E-state index in [-0.39, 0.29) is 18.2 Å². The first-order valence-corrected chi connectivity index (χ1v) is 7.75. The summed E-state index contributed by atoms with van der Waals surface area (Å²) in [5.74, 6) is 0.518. The number of carbonyl (C=O) groups is 2. The lowest BCUT2D eigenvalue weighted by molar-refractivity contribution is -0.137. The predicted molar refractivity (Wildman–Crippen MR) is 83.0 cm³/mol. The number of nitrogens with one attached hydrogen (secondary N) is 1. The minimum absolute atomic E-state index is 0.0612. The summed E-state index contributed by atoms with van der Waals surface area (Å²) in [6, 6.07) is 7.87. The Morgan fingerprint density at radius 3 is 2.86 bits per heavy atom. The van der Waals surface area contributed by atoms with Gasteiger partial charge in [0.15, 0.2) is 0 Å². The lowest BCUT2D eigenvalue weighted by Gasteiger charge is -2.06. The SMILES string of the molecule is COc1cccc(C2CC2C(=O)NCCCCCC(=O)O)c1. The first-order chi connectivity index (χ1) is 10.6. The van der Waals surface area contributed by atoms with Gasteiger partial charge in [-0.25, -0.2) is 0 Å². The zero-order valence-corrected chi connectivity index (χ0v) is 12.9. The molecule has 2 N–H and O–H groups in total. The summed E-state index contributed by atoms with van der Waals surface area (Å²) in [5, 5.41) is 11.5. The second kappa shape index (κ2) is 7.82. The maximum atomic E-state index is 12.0. The molecule has 2 rings (SSSR count). The fourth-order valence-corrected chi connectivity index (χ4v) is 2.65. The molecule has 0 heterocycles. The van der Waals surface area contributed by atoms with Crippen LogP contribution in [0.25, 0.3) is 0 Å². The van der Waals surface area contributed by atoms with E-state index in [0.717, 1.165) is 30.6 Å². The quantitative estimate of drug-likeness (QED) is 0.688. The number of unbranched alkanes of at least 4 members (excludes halogenated alkanes) is 2. The highest BCUT2D eigenvalue weighted by molar-refractivity contribution is 5.82. The van der Waals surface area contributed by atoms with E-state index in [0.29, 0.717) is 18.9 Å². The van der Waals surface area contributed by atoms with Gasteiger partial charge in [0.25, 0.3) is 0 Å². The monoisotopic (exact) mass is 305 g/mol. The second-order valence-electron chi connectivity index (χ2n) is 5.72. The Kier molecular flexibility index (Phi) is 5.81. The summed E-state index contributed by atoms with van der Waals surface area (Å²) in [4.78, 5) is 22.4. The van der Waals surface area contributed by atoms with Crippen molar-refractivity contribution in [3.8, 4) is 5.75 Å². The van der Waals surface area contributed by atoms with Crippen molar-refractivity contribution >= 4 is 11.9 Å². The molecular weight excluding hydrogens is 282 g/mol. The third-order valence-corrected chi connectivity index (χ3v) is 4.02. The number of benzene rings is 1. The van der Waals surface area contributed by atoms with Gasteiger partial charge in [0.05, 0.1) is 7.11 Å². The predicted octanol–water partition coefficient (Wildman–Crippen LogP) is 2.56. The van der Waals surface area contributed by atoms with Gasteiger partial charge in [-0.2, -0.15) is 0 Å². The van der Waals surface area contributed by atoms with Crippen LogP contribution in [0.4, 0.5) is 0 Å². The lowest BCUT2D eigenvalue weighted by atomic mass is 10.1. The van der Waals surface area contributed by atoms with Crippen LogP contribution in [0.1, 0.15) is 43.6 Å². The number of carboxylic acids is 1. The van der Waals surface area contributed by atoms with Gasteiger partial charge in [0, 0.05) is 18.9 Å². The number of carbonyl (C=O) groups excluding carboxylic acids is 1. The Balaban J connectivity index is 1.66. The molecule has 0 saturated heterocycles. The maximum absolute atomic E-state index is 12.0. The molecule has 1 aromatic rings. The molecule has 0 spiro atoms. The van der Waals surface area contributed by atoms with Crippen molar-refractivity contribution in [3.63, 3.8) is 0 Å². The Morgan fingerprint density at radius 1 is 1.32 bits per heavy atom. The molecule has 1 aliphatic rings. The molecule has 2 atom stereocenters. The number of rotatable bonds is 9. The van der Waals surface area contributed by atoms with E-state index >= 15 is 0 Å². The maximum Gasteiger partial charge on any atom is 0.303 e. The molecule has 0 radical (unpaired) electrons. The fourth-order valence-electron chi connectivity index (χ4n) is 2.65. The number of methoxy groups -OCH3 is 1. The summed E-state index contributed by atoms with van der Waals surface area (Å²) in [5.41, 5.74) is 1.15. The molecule has 0 aromatic heterocycles. The molecule has 1 saturated carbocycles. The molecule has 22 heavy (non-hydrogen) atoms. The highest BCUT2D eigenvalue weighted by Gasteiger charge is 2.43. The van der Waals surface area contributed by atoms with Gasteiger partial charge in [-0.15, -0.1) is 0 Å². The molecule has 2 unspecified atom stereocenters. The van der Waals surface area contributed by atoms with E-state index in [1.165, 1.54) is 0 Å². The summed E-state index contributed by atoms with van der Waals surface area (Å²) >= 11 is 0. The Bertz CT molecular complexity index is 529. The second-order valence-corrected chi connectivity index (χ2v) is 5.72. The van der Waals surface area contributed by atoms with Crippen LogP contribution < -0.4 is 10.1 Å². The van der Waals surface area contributed by atoms with Crippen LogP contribution in [0.15, 0.2) is 24.3 Å². The molecule has 1 aromatic carbocycles. The van der Waals surface area contributed by atoms with Crippen molar-refractivity contribution < 1.29 is 19.4 Å². The third-order valence-electron chi connectivity index (χ3n) is 4.02. The van der Waals surface area contributed by atoms with Gasteiger partial charge in [-0.3, -0.25) is 9.59 Å². The number of hydrogen-bond acceptors (Lipinski definition) is 3. The molecule has 5 nitrogen and oxygen atoms in total. The first-order valence-electron chi connectivity index (χ1n) is 7.75. The van der Waals surface area contributed by atoms with Crippen molar-refractivity contribution in [2.75, 3.05) is 13.7 Å². The Labute approximate surface area is 130 Å². The Morgan fingerprint density at radius 2 is 2.14 bits per heavy atom. The molecule has 1 aliphatic carbocycles. The molecule has 5 heteroatoms. The van der Waals surface area contributed by atoms with Crippen LogP contribution in [-0.2, 0) is 9.59 Å². The van der Waals surface area contributed by atoms with Crippen molar-refractivity contribution in [2.24, 2.45) is 5.92 Å². The number of carboxylic acid groups (broad SMARTS) is 1. The van der Waals surface area contributed by atoms with Crippen molar-refractivity contribution in [1.82, 2.24) is 5.32 Å². The van der Waals surface area contributed by atoms with Gasteiger partial charge < -0.3 is 15.2 Å². The normalized spacial score (nSPS) is 19.5. The molecule has 1 fully saturated rings. The molecule has 1 amide bonds. The van der Waals surface area contributed by atoms with Gasteiger partial charge >= 0.3 is 5.97 Å². The Hall–Kier alpha value is -2.04. The molecule has 120 valence electrons. The van der Waals surface area contributed by atoms with Gasteiger partial charge in [-0.1, -0.05) is 18.6 Å². The number of aliphatic carboxylic acids is 1. The topological polar surface area (TPSA) is 75.6 Å². The summed E-state index contributed by atoms with van der Waals surface area (Å²) < 4.78 is 5.21. The zero-order valence-electron chi connectivity index (χ0n) is 12.9. The van der Waals surface area contributed by atoms with Gasteiger partial charge in [0.1, 0.15) is 5.75 Å². The third kappa shape index (κ3) is 4.76. The van der Waals surface area contributed by atoms with E-state index in [4.69, 9.17) is 9.84 Å². The van der Waals surface area contributed by atoms with E-state index in [2.05, 4.69) is 5.32 Å². The van der Waals surface area contributed by atoms with Crippen LogP contribution in [0.5, 0.6) is 5.75 Å². The standard InChI is InChI=1S/C17H23NO4/c1-22-13-7-5-6-12(10-13)14-11-15(14)17(21)18-9-4-2-3-8-16(19)20/h5-7,10,14-15H,2-4,8-9,11H2,1H3,(H,18,21)(H,19,20). The summed E-state index contributed by atoms with van der Waals surface area (Å²) in [6.07, 6.45) is 3.42. The van der Waals surface area contributed by atoms with Gasteiger partial charge in [0.2, 0.25) is 5.91 Å². The average Bonchev–Trinajstić information content (AvgIpc) is 3.31. The van der Waals surface area contributed by atoms with Gasteiger partial charge in [-0.05, 0) is 42.9 Å². The van der Waals surface area contributed by atoms with Crippen LogP contribution in [0, 0.1) is 5.92 Å². The van der Waals surface area contributed by atoms with Crippen LogP contribution in [-0.4, -0.2) is 30.6 Å². The van der Waals surface area contributed by atoms with E-state index in [1.54, 1.807) is 7.11 Å². The smallest absolute Gasteiger partial charge is 0.303 e. The summed E-state index contributed by atoms with van der Waals surface area (Å²) in [7, 11) is 1.64. The number of hydrogen-bond donors (Lipinski definition) is 2. The zero-order chi connectivity index (χ0) is 15.9. The highest BCUT2D eigenvalue weighted by Crippen LogP contribution is 2.48. The van der Waals surface area contributed by atoms with Crippen LogP contribution >= 0.6 is 0 Å². The highest BCUT2D eigenvalue weighted by atomic mass is 16.5.